The van der Waals surface area contributed by atoms with Crippen molar-refractivity contribution in [2.75, 3.05) is 12.8 Å². The number of nitrogens with one attached hydrogen (secondary N) is 1. The molecule has 2 aromatic heterocycles. The summed E-state index contributed by atoms with van der Waals surface area (Å²) in [6, 6.07) is 15.3. The summed E-state index contributed by atoms with van der Waals surface area (Å²) in [4.78, 5) is 21.3. The number of aromatic nitrogens is 4. The van der Waals surface area contributed by atoms with E-state index in [9.17, 15) is 13.2 Å². The molecule has 0 saturated heterocycles. The number of amides is 1. The number of hydrogen-bond acceptors (Lipinski definition) is 5. The van der Waals surface area contributed by atoms with E-state index in [2.05, 4.69) is 19.9 Å². The quantitative estimate of drug-likeness (QED) is 0.436. The molecular weight excluding hydrogens is 402 g/mol. The van der Waals surface area contributed by atoms with Crippen LogP contribution in [0.2, 0.25) is 0 Å². The van der Waals surface area contributed by atoms with Gasteiger partial charge in [0.05, 0.1) is 28.4 Å². The second kappa shape index (κ2) is 8.27. The molecule has 0 spiro atoms. The van der Waals surface area contributed by atoms with Crippen molar-refractivity contribution in [3.8, 4) is 0 Å². The Balaban J connectivity index is 1.39. The molecule has 1 amide bonds. The molecule has 30 heavy (non-hydrogen) atoms. The van der Waals surface area contributed by atoms with Crippen molar-refractivity contribution in [2.45, 2.75) is 25.3 Å². The van der Waals surface area contributed by atoms with Crippen molar-refractivity contribution in [3.05, 3.63) is 60.7 Å². The summed E-state index contributed by atoms with van der Waals surface area (Å²) in [6.07, 6.45) is 3.73. The lowest BCUT2D eigenvalue weighted by Crippen LogP contribution is -2.29. The molecule has 0 aliphatic rings. The smallest absolute Gasteiger partial charge is 0.240 e. The monoisotopic (exact) mass is 425 g/mol. The summed E-state index contributed by atoms with van der Waals surface area (Å²) in [7, 11) is -3.27. The van der Waals surface area contributed by atoms with Crippen molar-refractivity contribution in [1.82, 2.24) is 24.4 Å². The number of benzene rings is 2. The van der Waals surface area contributed by atoms with Crippen LogP contribution in [0.25, 0.3) is 22.1 Å². The highest BCUT2D eigenvalue weighted by molar-refractivity contribution is 7.89. The highest BCUT2D eigenvalue weighted by atomic mass is 32.2. The van der Waals surface area contributed by atoms with E-state index < -0.39 is 9.84 Å². The molecule has 0 aliphatic carbocycles. The van der Waals surface area contributed by atoms with E-state index in [4.69, 9.17) is 0 Å². The van der Waals surface area contributed by atoms with Crippen molar-refractivity contribution < 1.29 is 13.2 Å². The molecule has 0 radical (unpaired) electrons. The molecule has 156 valence electrons. The van der Waals surface area contributed by atoms with E-state index in [1.165, 1.54) is 0 Å². The first-order chi connectivity index (χ1) is 14.4. The highest BCUT2D eigenvalue weighted by Gasteiger charge is 2.17. The maximum absolute atomic E-state index is 12.5. The molecule has 0 atom stereocenters. The molecule has 9 heteroatoms. The third-order valence-electron chi connectivity index (χ3n) is 4.85. The Kier molecular flexibility index (Phi) is 5.54. The number of rotatable bonds is 8. The third kappa shape index (κ3) is 4.51. The number of carbonyl (C=O) groups is 1. The number of carbonyl (C=O) groups excluding carboxylic acids is 1. The van der Waals surface area contributed by atoms with Gasteiger partial charge < -0.3 is 14.5 Å². The van der Waals surface area contributed by atoms with Crippen molar-refractivity contribution in [1.29, 1.82) is 0 Å². The zero-order chi connectivity index (χ0) is 21.1. The van der Waals surface area contributed by atoms with Crippen LogP contribution in [0.3, 0.4) is 0 Å². The first-order valence-electron chi connectivity index (χ1n) is 9.69. The number of sulfone groups is 1. The molecule has 1 N–H and O–H groups in total. The number of para-hydroxylation sites is 4. The maximum atomic E-state index is 12.5. The van der Waals surface area contributed by atoms with Crippen LogP contribution in [0.4, 0.5) is 0 Å². The Bertz CT molecular complexity index is 1310. The predicted octanol–water partition coefficient (Wildman–Crippen LogP) is 2.14. The van der Waals surface area contributed by atoms with Crippen LogP contribution in [-0.4, -0.2) is 46.2 Å². The third-order valence-corrected chi connectivity index (χ3v) is 5.63. The second-order valence-corrected chi connectivity index (χ2v) is 9.44. The van der Waals surface area contributed by atoms with Gasteiger partial charge in [-0.1, -0.05) is 24.3 Å². The molecule has 2 heterocycles. The van der Waals surface area contributed by atoms with Crippen LogP contribution in [0.15, 0.2) is 54.9 Å². The van der Waals surface area contributed by atoms with Gasteiger partial charge in [-0.15, -0.1) is 0 Å². The van der Waals surface area contributed by atoms with Gasteiger partial charge in [-0.3, -0.25) is 4.79 Å². The van der Waals surface area contributed by atoms with Crippen LogP contribution in [0.1, 0.15) is 12.2 Å². The van der Waals surface area contributed by atoms with Crippen molar-refractivity contribution >= 4 is 37.8 Å². The summed E-state index contributed by atoms with van der Waals surface area (Å²) in [5, 5.41) is 2.92. The molecule has 0 fully saturated rings. The predicted molar refractivity (Wildman–Crippen MR) is 116 cm³/mol. The fourth-order valence-electron chi connectivity index (χ4n) is 3.51. The van der Waals surface area contributed by atoms with E-state index >= 15 is 0 Å². The van der Waals surface area contributed by atoms with Crippen LogP contribution in [0, 0.1) is 0 Å². The van der Waals surface area contributed by atoms with Gasteiger partial charge >= 0.3 is 0 Å². The SMILES string of the molecule is CS(=O)(=O)Cc1nc2ccccc2n1CC(=O)NCCCn1cnc2ccccc21. The molecule has 8 nitrogen and oxygen atoms in total. The molecule has 2 aromatic carbocycles. The Morgan fingerprint density at radius 2 is 1.73 bits per heavy atom. The van der Waals surface area contributed by atoms with Gasteiger partial charge in [-0.2, -0.15) is 0 Å². The van der Waals surface area contributed by atoms with Gasteiger partial charge in [0.15, 0.2) is 9.84 Å². The number of hydrogen-bond donors (Lipinski definition) is 1. The van der Waals surface area contributed by atoms with Gasteiger partial charge in [0.2, 0.25) is 5.91 Å². The summed E-state index contributed by atoms with van der Waals surface area (Å²) < 4.78 is 27.3. The van der Waals surface area contributed by atoms with Crippen LogP contribution in [-0.2, 0) is 33.5 Å². The van der Waals surface area contributed by atoms with E-state index in [1.807, 2.05) is 54.9 Å². The molecule has 4 rings (SSSR count). The van der Waals surface area contributed by atoms with Crippen LogP contribution < -0.4 is 5.32 Å². The fourth-order valence-corrected chi connectivity index (χ4v) is 4.20. The van der Waals surface area contributed by atoms with Gasteiger partial charge in [0, 0.05) is 19.3 Å². The minimum absolute atomic E-state index is 0.0272. The lowest BCUT2D eigenvalue weighted by atomic mass is 10.3. The Morgan fingerprint density at radius 1 is 1.03 bits per heavy atom. The maximum Gasteiger partial charge on any atom is 0.240 e. The average molecular weight is 426 g/mol. The number of aryl methyl sites for hydroxylation is 1. The molecule has 0 bridgehead atoms. The van der Waals surface area contributed by atoms with Gasteiger partial charge in [-0.05, 0) is 30.7 Å². The van der Waals surface area contributed by atoms with Crippen molar-refractivity contribution in [2.24, 2.45) is 0 Å². The molecule has 0 saturated carbocycles. The second-order valence-electron chi connectivity index (χ2n) is 7.30. The number of nitrogens with zero attached hydrogens (tertiary/aromatic N) is 4. The zero-order valence-electron chi connectivity index (χ0n) is 16.7. The minimum Gasteiger partial charge on any atom is -0.354 e. The Hall–Kier alpha value is -3.20. The highest BCUT2D eigenvalue weighted by Crippen LogP contribution is 2.17. The summed E-state index contributed by atoms with van der Waals surface area (Å²) >= 11 is 0. The standard InChI is InChI=1S/C21H23N5O3S/c1-30(28,29)14-20-24-17-8-3-5-10-19(17)26(20)13-21(27)22-11-6-12-25-15-23-16-7-2-4-9-18(16)25/h2-5,7-10,15H,6,11-14H2,1H3,(H,22,27). The Morgan fingerprint density at radius 3 is 2.50 bits per heavy atom. The average Bonchev–Trinajstić information content (AvgIpc) is 3.26. The Labute approximate surface area is 174 Å². The van der Waals surface area contributed by atoms with E-state index in [1.54, 1.807) is 4.57 Å². The first-order valence-corrected chi connectivity index (χ1v) is 11.8. The zero-order valence-corrected chi connectivity index (χ0v) is 17.5. The lowest BCUT2D eigenvalue weighted by Gasteiger charge is -2.10. The largest absolute Gasteiger partial charge is 0.354 e. The van der Waals surface area contributed by atoms with Crippen LogP contribution >= 0.6 is 0 Å². The van der Waals surface area contributed by atoms with Gasteiger partial charge in [0.1, 0.15) is 18.1 Å². The van der Waals surface area contributed by atoms with E-state index in [-0.39, 0.29) is 18.2 Å². The molecule has 0 aliphatic heterocycles. The van der Waals surface area contributed by atoms with Gasteiger partial charge in [0.25, 0.3) is 0 Å². The topological polar surface area (TPSA) is 98.9 Å². The normalized spacial score (nSPS) is 11.9. The first kappa shape index (κ1) is 20.1. The summed E-state index contributed by atoms with van der Waals surface area (Å²) in [5.74, 6) is -0.00928. The number of imidazole rings is 2. The summed E-state index contributed by atoms with van der Waals surface area (Å²) in [5.41, 5.74) is 3.44. The van der Waals surface area contributed by atoms with Gasteiger partial charge in [-0.25, -0.2) is 18.4 Å². The fraction of sp³-hybridized carbons (Fsp3) is 0.286. The van der Waals surface area contributed by atoms with Crippen LogP contribution in [0.5, 0.6) is 0 Å². The van der Waals surface area contributed by atoms with E-state index in [0.29, 0.717) is 17.9 Å². The number of fused-ring (bicyclic) bond motifs is 2. The summed E-state index contributed by atoms with van der Waals surface area (Å²) in [6.45, 7) is 1.28. The van der Waals surface area contributed by atoms with E-state index in [0.717, 1.165) is 35.8 Å². The molecular formula is C21H23N5O3S. The molecule has 4 aromatic rings. The minimum atomic E-state index is -3.27. The molecule has 0 unspecified atom stereocenters. The van der Waals surface area contributed by atoms with Crippen molar-refractivity contribution in [3.63, 3.8) is 0 Å². The lowest BCUT2D eigenvalue weighted by molar-refractivity contribution is -0.121.